The summed E-state index contributed by atoms with van der Waals surface area (Å²) in [7, 11) is 0. The lowest BCUT2D eigenvalue weighted by molar-refractivity contribution is -0.138. The van der Waals surface area contributed by atoms with E-state index in [9.17, 15) is 4.79 Å². The van der Waals surface area contributed by atoms with E-state index in [1.807, 2.05) is 35.9 Å². The Labute approximate surface area is 186 Å². The fourth-order valence-electron chi connectivity index (χ4n) is 4.63. The van der Waals surface area contributed by atoms with E-state index in [4.69, 9.17) is 15.6 Å². The van der Waals surface area contributed by atoms with Crippen molar-refractivity contribution in [2.45, 2.75) is 57.4 Å². The lowest BCUT2D eigenvalue weighted by atomic mass is 10.1. The van der Waals surface area contributed by atoms with Crippen LogP contribution in [0.2, 0.25) is 0 Å². The molecule has 32 heavy (non-hydrogen) atoms. The number of hydrogen-bond acceptors (Lipinski definition) is 7. The molecule has 1 saturated heterocycles. The summed E-state index contributed by atoms with van der Waals surface area (Å²) in [6.07, 6.45) is 5.73. The van der Waals surface area contributed by atoms with E-state index in [1.165, 1.54) is 19.2 Å². The SMILES string of the molecule is CC1CNCC(C(=O)NCc2ccc(-c3nn(C4CCCC4)c4ncnc(N)c34)cc2)O1. The van der Waals surface area contributed by atoms with Gasteiger partial charge in [0.2, 0.25) is 0 Å². The van der Waals surface area contributed by atoms with Gasteiger partial charge in [0.15, 0.2) is 5.65 Å². The largest absolute Gasteiger partial charge is 0.383 e. The molecule has 0 spiro atoms. The molecule has 0 radical (unpaired) electrons. The minimum Gasteiger partial charge on any atom is -0.383 e. The number of nitrogen functional groups attached to an aromatic ring is 1. The van der Waals surface area contributed by atoms with Gasteiger partial charge >= 0.3 is 0 Å². The Hall–Kier alpha value is -3.04. The number of carbonyl (C=O) groups is 1. The Morgan fingerprint density at radius 2 is 2.00 bits per heavy atom. The number of benzene rings is 1. The zero-order valence-corrected chi connectivity index (χ0v) is 18.3. The Balaban J connectivity index is 1.34. The highest BCUT2D eigenvalue weighted by Crippen LogP contribution is 2.36. The number of aromatic nitrogens is 4. The Kier molecular flexibility index (Phi) is 5.75. The smallest absolute Gasteiger partial charge is 0.250 e. The zero-order valence-electron chi connectivity index (χ0n) is 18.3. The predicted molar refractivity (Wildman–Crippen MR) is 122 cm³/mol. The molecule has 3 heterocycles. The van der Waals surface area contributed by atoms with E-state index in [2.05, 4.69) is 20.6 Å². The third-order valence-corrected chi connectivity index (χ3v) is 6.33. The molecule has 5 rings (SSSR count). The minimum absolute atomic E-state index is 0.0362. The van der Waals surface area contributed by atoms with Gasteiger partial charge in [-0.2, -0.15) is 5.10 Å². The number of hydrogen-bond donors (Lipinski definition) is 3. The Morgan fingerprint density at radius 3 is 2.75 bits per heavy atom. The van der Waals surface area contributed by atoms with Crippen LogP contribution in [0.1, 0.15) is 44.2 Å². The van der Waals surface area contributed by atoms with Gasteiger partial charge in [-0.25, -0.2) is 14.6 Å². The third kappa shape index (κ3) is 4.05. The maximum Gasteiger partial charge on any atom is 0.250 e. The highest BCUT2D eigenvalue weighted by molar-refractivity contribution is 5.98. The van der Waals surface area contributed by atoms with E-state index >= 15 is 0 Å². The van der Waals surface area contributed by atoms with E-state index in [1.54, 1.807) is 0 Å². The van der Waals surface area contributed by atoms with Crippen LogP contribution < -0.4 is 16.4 Å². The lowest BCUT2D eigenvalue weighted by Crippen LogP contribution is -2.50. The number of anilines is 1. The molecule has 1 amide bonds. The second kappa shape index (κ2) is 8.84. The number of carbonyl (C=O) groups excluding carboxylic acids is 1. The van der Waals surface area contributed by atoms with E-state index in [0.717, 1.165) is 47.2 Å². The molecule has 1 aliphatic carbocycles. The van der Waals surface area contributed by atoms with Gasteiger partial charge in [0.25, 0.3) is 5.91 Å². The summed E-state index contributed by atoms with van der Waals surface area (Å²) in [4.78, 5) is 21.1. The number of amides is 1. The van der Waals surface area contributed by atoms with Crippen LogP contribution in [-0.4, -0.2) is 51.0 Å². The standard InChI is InChI=1S/C23H29N7O2/c1-14-10-25-12-18(32-14)23(31)26-11-15-6-8-16(9-7-15)20-19-21(24)27-13-28-22(19)30(29-20)17-4-2-3-5-17/h6-9,13-14,17-18,25H,2-5,10-12H2,1H3,(H,26,31)(H2,24,27,28). The van der Waals surface area contributed by atoms with Crippen molar-refractivity contribution in [1.29, 1.82) is 0 Å². The monoisotopic (exact) mass is 435 g/mol. The quantitative estimate of drug-likeness (QED) is 0.562. The molecule has 2 fully saturated rings. The predicted octanol–water partition coefficient (Wildman–Crippen LogP) is 2.18. The summed E-state index contributed by atoms with van der Waals surface area (Å²) >= 11 is 0. The van der Waals surface area contributed by atoms with Gasteiger partial charge in [-0.05, 0) is 25.3 Å². The van der Waals surface area contributed by atoms with Crippen LogP contribution in [0.15, 0.2) is 30.6 Å². The van der Waals surface area contributed by atoms with Crippen LogP contribution in [0.3, 0.4) is 0 Å². The second-order valence-electron chi connectivity index (χ2n) is 8.70. The molecule has 1 aromatic carbocycles. The fraction of sp³-hybridized carbons (Fsp3) is 0.478. The molecular weight excluding hydrogens is 406 g/mol. The molecule has 9 heteroatoms. The van der Waals surface area contributed by atoms with E-state index < -0.39 is 6.10 Å². The molecular formula is C23H29N7O2. The third-order valence-electron chi connectivity index (χ3n) is 6.33. The van der Waals surface area contributed by atoms with Crippen molar-refractivity contribution < 1.29 is 9.53 Å². The van der Waals surface area contributed by atoms with Gasteiger partial charge < -0.3 is 21.1 Å². The van der Waals surface area contributed by atoms with Gasteiger partial charge in [-0.15, -0.1) is 0 Å². The van der Waals surface area contributed by atoms with Crippen LogP contribution in [-0.2, 0) is 16.1 Å². The first-order valence-corrected chi connectivity index (χ1v) is 11.3. The molecule has 1 aliphatic heterocycles. The number of morpholine rings is 1. The summed E-state index contributed by atoms with van der Waals surface area (Å²) in [6, 6.07) is 8.37. The fourth-order valence-corrected chi connectivity index (χ4v) is 4.63. The van der Waals surface area contributed by atoms with Crippen molar-refractivity contribution in [2.24, 2.45) is 0 Å². The summed E-state index contributed by atoms with van der Waals surface area (Å²) < 4.78 is 7.73. The van der Waals surface area contributed by atoms with Crippen molar-refractivity contribution in [2.75, 3.05) is 18.8 Å². The van der Waals surface area contributed by atoms with E-state index in [-0.39, 0.29) is 12.0 Å². The molecule has 1 saturated carbocycles. The Morgan fingerprint density at radius 1 is 1.22 bits per heavy atom. The lowest BCUT2D eigenvalue weighted by Gasteiger charge is -2.27. The van der Waals surface area contributed by atoms with Gasteiger partial charge in [-0.3, -0.25) is 4.79 Å². The number of nitrogens with two attached hydrogens (primary N) is 1. The maximum absolute atomic E-state index is 12.4. The van der Waals surface area contributed by atoms with Crippen LogP contribution in [0, 0.1) is 0 Å². The summed E-state index contributed by atoms with van der Waals surface area (Å²) in [5.74, 6) is 0.347. The first-order valence-electron chi connectivity index (χ1n) is 11.3. The summed E-state index contributed by atoms with van der Waals surface area (Å²) in [5, 5.41) is 11.9. The van der Waals surface area contributed by atoms with Gasteiger partial charge in [-0.1, -0.05) is 37.1 Å². The Bertz CT molecular complexity index is 1110. The van der Waals surface area contributed by atoms with Crippen LogP contribution in [0.4, 0.5) is 5.82 Å². The maximum atomic E-state index is 12.4. The van der Waals surface area contributed by atoms with Crippen molar-refractivity contribution in [3.05, 3.63) is 36.2 Å². The normalized spacial score (nSPS) is 21.8. The highest BCUT2D eigenvalue weighted by Gasteiger charge is 2.26. The molecule has 2 unspecified atom stereocenters. The average molecular weight is 436 g/mol. The number of nitrogens with one attached hydrogen (secondary N) is 2. The number of ether oxygens (including phenoxy) is 1. The molecule has 168 valence electrons. The molecule has 0 bridgehead atoms. The molecule has 2 aromatic heterocycles. The zero-order chi connectivity index (χ0) is 22.1. The van der Waals surface area contributed by atoms with Gasteiger partial charge in [0.1, 0.15) is 23.9 Å². The summed E-state index contributed by atoms with van der Waals surface area (Å²) in [5.41, 5.74) is 9.79. The molecule has 2 atom stereocenters. The van der Waals surface area contributed by atoms with Gasteiger partial charge in [0.05, 0.1) is 17.5 Å². The number of fused-ring (bicyclic) bond motifs is 1. The molecule has 3 aromatic rings. The minimum atomic E-state index is -0.452. The molecule has 4 N–H and O–H groups in total. The van der Waals surface area contributed by atoms with Crippen LogP contribution >= 0.6 is 0 Å². The van der Waals surface area contributed by atoms with Crippen LogP contribution in [0.25, 0.3) is 22.3 Å². The highest BCUT2D eigenvalue weighted by atomic mass is 16.5. The topological polar surface area (TPSA) is 120 Å². The number of nitrogens with zero attached hydrogens (tertiary/aromatic N) is 4. The molecule has 2 aliphatic rings. The van der Waals surface area contributed by atoms with Crippen LogP contribution in [0.5, 0.6) is 0 Å². The van der Waals surface area contributed by atoms with Crippen molar-refractivity contribution >= 4 is 22.8 Å². The van der Waals surface area contributed by atoms with E-state index in [0.29, 0.717) is 24.9 Å². The second-order valence-corrected chi connectivity index (χ2v) is 8.70. The first kappa shape index (κ1) is 20.8. The van der Waals surface area contributed by atoms with Gasteiger partial charge in [0, 0.05) is 25.2 Å². The molecule has 9 nitrogen and oxygen atoms in total. The van der Waals surface area contributed by atoms with Crippen molar-refractivity contribution in [1.82, 2.24) is 30.4 Å². The average Bonchev–Trinajstić information content (AvgIpc) is 3.46. The summed E-state index contributed by atoms with van der Waals surface area (Å²) in [6.45, 7) is 3.71. The number of rotatable bonds is 5. The first-order chi connectivity index (χ1) is 15.6. The van der Waals surface area contributed by atoms with Crippen molar-refractivity contribution in [3.8, 4) is 11.3 Å². The van der Waals surface area contributed by atoms with Crippen molar-refractivity contribution in [3.63, 3.8) is 0 Å².